The van der Waals surface area contributed by atoms with E-state index in [9.17, 15) is 0 Å². The highest BCUT2D eigenvalue weighted by Gasteiger charge is 2.16. The van der Waals surface area contributed by atoms with Gasteiger partial charge in [-0.15, -0.1) is 0 Å². The van der Waals surface area contributed by atoms with E-state index in [4.69, 9.17) is 5.11 Å². The van der Waals surface area contributed by atoms with Gasteiger partial charge in [-0.25, -0.2) is 0 Å². The zero-order valence-corrected chi connectivity index (χ0v) is 6.14. The number of hydrogen-bond donors (Lipinski definition) is 1. The summed E-state index contributed by atoms with van der Waals surface area (Å²) in [6, 6.07) is 0. The number of rotatable bonds is 3. The molecule has 0 aromatic rings. The van der Waals surface area contributed by atoms with Crippen molar-refractivity contribution in [1.29, 1.82) is 0 Å². The first kappa shape index (κ1) is 7.07. The first-order valence-electron chi connectivity index (χ1n) is 3.97. The van der Waals surface area contributed by atoms with Gasteiger partial charge in [0.2, 0.25) is 0 Å². The molecule has 1 N–H and O–H groups in total. The summed E-state index contributed by atoms with van der Waals surface area (Å²) < 4.78 is 0. The molecule has 0 saturated heterocycles. The second-order valence-electron chi connectivity index (χ2n) is 3.22. The molecule has 0 aliphatic heterocycles. The van der Waals surface area contributed by atoms with Crippen molar-refractivity contribution in [2.45, 2.75) is 45.1 Å². The van der Waals surface area contributed by atoms with Gasteiger partial charge < -0.3 is 5.11 Å². The molecular weight excluding hydrogens is 112 g/mol. The van der Waals surface area contributed by atoms with Gasteiger partial charge in [-0.1, -0.05) is 19.3 Å². The molecule has 0 spiro atoms. The Morgan fingerprint density at radius 1 is 1.56 bits per heavy atom. The van der Waals surface area contributed by atoms with E-state index in [0.29, 0.717) is 0 Å². The van der Waals surface area contributed by atoms with Crippen LogP contribution >= 0.6 is 0 Å². The average molecular weight is 128 g/mol. The van der Waals surface area contributed by atoms with Gasteiger partial charge in [0, 0.05) is 0 Å². The van der Waals surface area contributed by atoms with Crippen molar-refractivity contribution < 1.29 is 5.11 Å². The first-order valence-corrected chi connectivity index (χ1v) is 3.97. The largest absolute Gasteiger partial charge is 0.393 e. The third-order valence-corrected chi connectivity index (χ3v) is 2.22. The molecule has 0 amide bonds. The fourth-order valence-electron chi connectivity index (χ4n) is 1.26. The summed E-state index contributed by atoms with van der Waals surface area (Å²) in [6.45, 7) is 1.87. The van der Waals surface area contributed by atoms with Crippen molar-refractivity contribution in [2.24, 2.45) is 5.92 Å². The van der Waals surface area contributed by atoms with Crippen LogP contribution in [0.2, 0.25) is 0 Å². The Hall–Kier alpha value is -0.0400. The lowest BCUT2D eigenvalue weighted by Gasteiger charge is -2.25. The van der Waals surface area contributed by atoms with Gasteiger partial charge >= 0.3 is 0 Å². The summed E-state index contributed by atoms with van der Waals surface area (Å²) in [5.41, 5.74) is 0. The minimum Gasteiger partial charge on any atom is -0.393 e. The molecule has 0 aromatic heterocycles. The predicted octanol–water partition coefficient (Wildman–Crippen LogP) is 1.95. The summed E-state index contributed by atoms with van der Waals surface area (Å²) in [7, 11) is 0. The molecule has 0 heterocycles. The first-order chi connectivity index (χ1) is 4.29. The molecule has 1 aliphatic carbocycles. The standard InChI is InChI=1S/C8H16O/c1-7(9)5-6-8-3-2-4-8/h7-9H,2-6H2,1H3. The second-order valence-corrected chi connectivity index (χ2v) is 3.22. The Kier molecular flexibility index (Phi) is 2.52. The summed E-state index contributed by atoms with van der Waals surface area (Å²) >= 11 is 0. The lowest BCUT2D eigenvalue weighted by molar-refractivity contribution is 0.160. The summed E-state index contributed by atoms with van der Waals surface area (Å²) in [4.78, 5) is 0. The highest BCUT2D eigenvalue weighted by Crippen LogP contribution is 2.30. The maximum absolute atomic E-state index is 8.92. The lowest BCUT2D eigenvalue weighted by atomic mass is 9.82. The van der Waals surface area contributed by atoms with Crippen molar-refractivity contribution in [3.63, 3.8) is 0 Å². The zero-order valence-electron chi connectivity index (χ0n) is 6.14. The summed E-state index contributed by atoms with van der Waals surface area (Å²) in [5, 5.41) is 8.92. The highest BCUT2D eigenvalue weighted by atomic mass is 16.3. The fraction of sp³-hybridized carbons (Fsp3) is 1.00. The van der Waals surface area contributed by atoms with E-state index in [2.05, 4.69) is 0 Å². The summed E-state index contributed by atoms with van der Waals surface area (Å²) in [6.07, 6.45) is 6.41. The predicted molar refractivity (Wildman–Crippen MR) is 38.3 cm³/mol. The van der Waals surface area contributed by atoms with Crippen LogP contribution in [0, 0.1) is 5.92 Å². The molecule has 1 saturated carbocycles. The Balaban J connectivity index is 1.91. The van der Waals surface area contributed by atoms with Crippen LogP contribution in [0.15, 0.2) is 0 Å². The van der Waals surface area contributed by atoms with Crippen LogP contribution in [0.4, 0.5) is 0 Å². The van der Waals surface area contributed by atoms with Crippen LogP contribution in [-0.2, 0) is 0 Å². The van der Waals surface area contributed by atoms with Crippen LogP contribution in [0.3, 0.4) is 0 Å². The SMILES string of the molecule is CC(O)CCC1CCC1. The quantitative estimate of drug-likeness (QED) is 0.616. The van der Waals surface area contributed by atoms with Gasteiger partial charge in [-0.3, -0.25) is 0 Å². The van der Waals surface area contributed by atoms with Crippen LogP contribution in [0.1, 0.15) is 39.0 Å². The third kappa shape index (κ3) is 2.35. The minimum atomic E-state index is -0.0781. The lowest BCUT2D eigenvalue weighted by Crippen LogP contribution is -2.13. The van der Waals surface area contributed by atoms with Crippen molar-refractivity contribution in [3.05, 3.63) is 0 Å². The maximum Gasteiger partial charge on any atom is 0.0512 e. The van der Waals surface area contributed by atoms with Crippen molar-refractivity contribution >= 4 is 0 Å². The van der Waals surface area contributed by atoms with Gasteiger partial charge in [0.05, 0.1) is 6.10 Å². The van der Waals surface area contributed by atoms with Crippen LogP contribution in [0.25, 0.3) is 0 Å². The van der Waals surface area contributed by atoms with Crippen molar-refractivity contribution in [3.8, 4) is 0 Å². The molecule has 0 aromatic carbocycles. The minimum absolute atomic E-state index is 0.0781. The zero-order chi connectivity index (χ0) is 6.69. The van der Waals surface area contributed by atoms with Gasteiger partial charge in [-0.05, 0) is 25.7 Å². The molecule has 1 atom stereocenters. The number of aliphatic hydroxyl groups excluding tert-OH is 1. The van der Waals surface area contributed by atoms with Crippen molar-refractivity contribution in [1.82, 2.24) is 0 Å². The van der Waals surface area contributed by atoms with E-state index < -0.39 is 0 Å². The molecule has 1 heteroatoms. The maximum atomic E-state index is 8.92. The van der Waals surface area contributed by atoms with E-state index in [0.717, 1.165) is 12.3 Å². The molecule has 1 unspecified atom stereocenters. The van der Waals surface area contributed by atoms with Crippen LogP contribution in [0.5, 0.6) is 0 Å². The van der Waals surface area contributed by atoms with E-state index in [1.54, 1.807) is 0 Å². The van der Waals surface area contributed by atoms with E-state index in [1.165, 1.54) is 25.7 Å². The van der Waals surface area contributed by atoms with Gasteiger partial charge in [-0.2, -0.15) is 0 Å². The number of aliphatic hydroxyl groups is 1. The Morgan fingerprint density at radius 3 is 2.56 bits per heavy atom. The molecule has 0 bridgehead atoms. The molecule has 9 heavy (non-hydrogen) atoms. The molecule has 0 radical (unpaired) electrons. The van der Waals surface area contributed by atoms with E-state index >= 15 is 0 Å². The molecule has 1 aliphatic rings. The van der Waals surface area contributed by atoms with Gasteiger partial charge in [0.1, 0.15) is 0 Å². The molecule has 1 rings (SSSR count). The summed E-state index contributed by atoms with van der Waals surface area (Å²) in [5.74, 6) is 0.958. The molecule has 54 valence electrons. The van der Waals surface area contributed by atoms with E-state index in [-0.39, 0.29) is 6.10 Å². The third-order valence-electron chi connectivity index (χ3n) is 2.22. The monoisotopic (exact) mass is 128 g/mol. The van der Waals surface area contributed by atoms with Gasteiger partial charge in [0.25, 0.3) is 0 Å². The van der Waals surface area contributed by atoms with E-state index in [1.807, 2.05) is 6.92 Å². The van der Waals surface area contributed by atoms with Crippen molar-refractivity contribution in [2.75, 3.05) is 0 Å². The fourth-order valence-corrected chi connectivity index (χ4v) is 1.26. The average Bonchev–Trinajstić information content (AvgIpc) is 1.60. The second kappa shape index (κ2) is 3.21. The smallest absolute Gasteiger partial charge is 0.0512 e. The molecule has 1 fully saturated rings. The Bertz CT molecular complexity index is 74.6. The Labute approximate surface area is 57.1 Å². The molecular formula is C8H16O. The van der Waals surface area contributed by atoms with Crippen LogP contribution in [-0.4, -0.2) is 11.2 Å². The normalized spacial score (nSPS) is 23.3. The molecule has 1 nitrogen and oxygen atoms in total. The topological polar surface area (TPSA) is 20.2 Å². The Morgan fingerprint density at radius 2 is 2.22 bits per heavy atom. The highest BCUT2D eigenvalue weighted by molar-refractivity contribution is 4.69. The number of hydrogen-bond acceptors (Lipinski definition) is 1. The van der Waals surface area contributed by atoms with Gasteiger partial charge in [0.15, 0.2) is 0 Å². The van der Waals surface area contributed by atoms with Crippen LogP contribution < -0.4 is 0 Å².